The first-order valence-electron chi connectivity index (χ1n) is 7.58. The number of hydrogen-bond acceptors (Lipinski definition) is 5. The number of nitro benzene ring substituents is 1. The number of aromatic amines is 1. The van der Waals surface area contributed by atoms with Crippen molar-refractivity contribution < 1.29 is 4.92 Å². The van der Waals surface area contributed by atoms with Gasteiger partial charge < -0.3 is 9.88 Å². The number of hydrogen-bond donors (Lipinski definition) is 1. The lowest BCUT2D eigenvalue weighted by Gasteiger charge is -2.11. The predicted molar refractivity (Wildman–Crippen MR) is 98.7 cm³/mol. The molecule has 3 rings (SSSR count). The summed E-state index contributed by atoms with van der Waals surface area (Å²) in [5.41, 5.74) is 1.94. The van der Waals surface area contributed by atoms with E-state index in [1.807, 2.05) is 49.3 Å². The summed E-state index contributed by atoms with van der Waals surface area (Å²) >= 11 is 0. The Morgan fingerprint density at radius 3 is 2.48 bits per heavy atom. The molecular formula is C18H16N4O3. The number of fused-ring (bicyclic) bond motifs is 1. The van der Waals surface area contributed by atoms with Crippen molar-refractivity contribution in [1.29, 1.82) is 0 Å². The monoisotopic (exact) mass is 336 g/mol. The average Bonchev–Trinajstić information content (AvgIpc) is 2.60. The van der Waals surface area contributed by atoms with Gasteiger partial charge in [0, 0.05) is 31.9 Å². The van der Waals surface area contributed by atoms with Gasteiger partial charge in [0.1, 0.15) is 5.82 Å². The predicted octanol–water partition coefficient (Wildman–Crippen LogP) is 3.07. The van der Waals surface area contributed by atoms with Gasteiger partial charge in [0.25, 0.3) is 11.2 Å². The molecule has 0 spiro atoms. The summed E-state index contributed by atoms with van der Waals surface area (Å²) in [4.78, 5) is 31.4. The van der Waals surface area contributed by atoms with Crippen LogP contribution in [0.5, 0.6) is 0 Å². The molecule has 3 aromatic rings. The molecule has 0 aliphatic rings. The Labute approximate surface area is 143 Å². The number of nitrogens with one attached hydrogen (secondary N) is 1. The van der Waals surface area contributed by atoms with Crippen LogP contribution < -0.4 is 10.5 Å². The van der Waals surface area contributed by atoms with Crippen LogP contribution >= 0.6 is 0 Å². The molecule has 0 radical (unpaired) electrons. The van der Waals surface area contributed by atoms with Gasteiger partial charge in [0.2, 0.25) is 0 Å². The first-order valence-corrected chi connectivity index (χ1v) is 7.58. The third-order valence-electron chi connectivity index (χ3n) is 3.76. The van der Waals surface area contributed by atoms with E-state index >= 15 is 0 Å². The lowest BCUT2D eigenvalue weighted by atomic mass is 10.2. The van der Waals surface area contributed by atoms with Crippen LogP contribution in [0.2, 0.25) is 0 Å². The summed E-state index contributed by atoms with van der Waals surface area (Å²) in [5, 5.41) is 11.0. The lowest BCUT2D eigenvalue weighted by molar-refractivity contribution is -0.384. The molecule has 126 valence electrons. The molecule has 0 bridgehead atoms. The number of nitro groups is 1. The van der Waals surface area contributed by atoms with Gasteiger partial charge in [0.15, 0.2) is 0 Å². The van der Waals surface area contributed by atoms with Crippen LogP contribution in [0.1, 0.15) is 11.4 Å². The van der Waals surface area contributed by atoms with Gasteiger partial charge >= 0.3 is 0 Å². The SMILES string of the molecule is CN(C)c1ccc(C=Cc2nc3ccc([N+](=O)[O-])cc3c(=O)[nH]2)cc1. The number of aromatic nitrogens is 2. The molecule has 0 aliphatic heterocycles. The van der Waals surface area contributed by atoms with Crippen molar-refractivity contribution in [3.8, 4) is 0 Å². The van der Waals surface area contributed by atoms with Crippen LogP contribution in [-0.2, 0) is 0 Å². The quantitative estimate of drug-likeness (QED) is 0.584. The highest BCUT2D eigenvalue weighted by atomic mass is 16.6. The normalized spacial score (nSPS) is 11.1. The molecule has 0 saturated carbocycles. The van der Waals surface area contributed by atoms with E-state index in [4.69, 9.17) is 0 Å². The number of nitrogens with zero attached hydrogens (tertiary/aromatic N) is 3. The molecule has 25 heavy (non-hydrogen) atoms. The Kier molecular flexibility index (Phi) is 4.30. The van der Waals surface area contributed by atoms with Crippen LogP contribution in [0, 0.1) is 10.1 Å². The Morgan fingerprint density at radius 1 is 1.12 bits per heavy atom. The van der Waals surface area contributed by atoms with Crippen LogP contribution in [0.3, 0.4) is 0 Å². The van der Waals surface area contributed by atoms with Crippen LogP contribution in [0.25, 0.3) is 23.1 Å². The van der Waals surface area contributed by atoms with Crippen molar-refractivity contribution >= 4 is 34.4 Å². The zero-order valence-corrected chi connectivity index (χ0v) is 13.8. The van der Waals surface area contributed by atoms with E-state index < -0.39 is 10.5 Å². The van der Waals surface area contributed by atoms with Gasteiger partial charge in [-0.15, -0.1) is 0 Å². The third kappa shape index (κ3) is 3.55. The van der Waals surface area contributed by atoms with Crippen molar-refractivity contribution in [1.82, 2.24) is 9.97 Å². The lowest BCUT2D eigenvalue weighted by Crippen LogP contribution is -2.10. The standard InChI is InChI=1S/C18H16N4O3/c1-21(2)13-6-3-12(4-7-13)5-10-17-19-16-9-8-14(22(24)25)11-15(16)18(23)20-17/h3-11H,1-2H3,(H,19,20,23). The second-order valence-electron chi connectivity index (χ2n) is 5.73. The minimum absolute atomic E-state index is 0.135. The van der Waals surface area contributed by atoms with E-state index in [9.17, 15) is 14.9 Å². The highest BCUT2D eigenvalue weighted by Crippen LogP contribution is 2.17. The Balaban J connectivity index is 1.92. The molecule has 0 saturated heterocycles. The molecule has 7 nitrogen and oxygen atoms in total. The fourth-order valence-corrected chi connectivity index (χ4v) is 2.40. The van der Waals surface area contributed by atoms with E-state index in [0.717, 1.165) is 11.3 Å². The Hall–Kier alpha value is -3.48. The third-order valence-corrected chi connectivity index (χ3v) is 3.76. The van der Waals surface area contributed by atoms with Gasteiger partial charge in [-0.25, -0.2) is 4.98 Å². The van der Waals surface area contributed by atoms with Gasteiger partial charge in [-0.1, -0.05) is 18.2 Å². The largest absolute Gasteiger partial charge is 0.378 e. The molecule has 1 heterocycles. The van der Waals surface area contributed by atoms with E-state index in [-0.39, 0.29) is 11.1 Å². The van der Waals surface area contributed by atoms with Crippen LogP contribution in [0.15, 0.2) is 47.3 Å². The maximum atomic E-state index is 12.1. The number of benzene rings is 2. The minimum atomic E-state index is -0.538. The first-order chi connectivity index (χ1) is 11.9. The van der Waals surface area contributed by atoms with E-state index in [0.29, 0.717) is 11.3 Å². The Bertz CT molecular complexity index is 1020. The van der Waals surface area contributed by atoms with Gasteiger partial charge in [-0.05, 0) is 29.8 Å². The summed E-state index contributed by atoms with van der Waals surface area (Å²) in [5.74, 6) is 0.392. The van der Waals surface area contributed by atoms with Crippen molar-refractivity contribution in [3.05, 3.63) is 74.3 Å². The molecule has 0 amide bonds. The molecule has 2 aromatic carbocycles. The zero-order valence-electron chi connectivity index (χ0n) is 13.8. The molecule has 1 aromatic heterocycles. The first kappa shape index (κ1) is 16.4. The maximum absolute atomic E-state index is 12.1. The number of H-pyrrole nitrogens is 1. The van der Waals surface area contributed by atoms with Gasteiger partial charge in [0.05, 0.1) is 15.8 Å². The van der Waals surface area contributed by atoms with Crippen molar-refractivity contribution in [2.45, 2.75) is 0 Å². The molecule has 1 N–H and O–H groups in total. The average molecular weight is 336 g/mol. The smallest absolute Gasteiger partial charge is 0.270 e. The maximum Gasteiger partial charge on any atom is 0.270 e. The summed E-state index contributed by atoms with van der Waals surface area (Å²) in [7, 11) is 3.94. The van der Waals surface area contributed by atoms with Gasteiger partial charge in [-0.2, -0.15) is 0 Å². The fourth-order valence-electron chi connectivity index (χ4n) is 2.40. The van der Waals surface area contributed by atoms with Crippen molar-refractivity contribution in [3.63, 3.8) is 0 Å². The molecule has 0 unspecified atom stereocenters. The molecular weight excluding hydrogens is 320 g/mol. The van der Waals surface area contributed by atoms with Crippen molar-refractivity contribution in [2.24, 2.45) is 0 Å². The number of non-ortho nitro benzene ring substituents is 1. The molecule has 0 aliphatic carbocycles. The summed E-state index contributed by atoms with van der Waals surface area (Å²) in [6.07, 6.45) is 3.54. The summed E-state index contributed by atoms with van der Waals surface area (Å²) in [6, 6.07) is 12.0. The summed E-state index contributed by atoms with van der Waals surface area (Å²) < 4.78 is 0. The van der Waals surface area contributed by atoms with E-state index in [1.165, 1.54) is 18.2 Å². The fraction of sp³-hybridized carbons (Fsp3) is 0.111. The zero-order chi connectivity index (χ0) is 18.0. The minimum Gasteiger partial charge on any atom is -0.378 e. The number of anilines is 1. The topological polar surface area (TPSA) is 92.1 Å². The second kappa shape index (κ2) is 6.56. The number of rotatable bonds is 4. The van der Waals surface area contributed by atoms with E-state index in [2.05, 4.69) is 9.97 Å². The van der Waals surface area contributed by atoms with E-state index in [1.54, 1.807) is 6.08 Å². The van der Waals surface area contributed by atoms with Crippen LogP contribution in [-0.4, -0.2) is 29.0 Å². The second-order valence-corrected chi connectivity index (χ2v) is 5.73. The highest BCUT2D eigenvalue weighted by Gasteiger charge is 2.09. The van der Waals surface area contributed by atoms with Crippen molar-refractivity contribution in [2.75, 3.05) is 19.0 Å². The molecule has 0 atom stereocenters. The van der Waals surface area contributed by atoms with Gasteiger partial charge in [-0.3, -0.25) is 14.9 Å². The Morgan fingerprint density at radius 2 is 1.84 bits per heavy atom. The highest BCUT2D eigenvalue weighted by molar-refractivity contribution is 5.81. The molecule has 0 fully saturated rings. The summed E-state index contributed by atoms with van der Waals surface area (Å²) in [6.45, 7) is 0. The molecule has 7 heteroatoms. The van der Waals surface area contributed by atoms with Crippen LogP contribution in [0.4, 0.5) is 11.4 Å².